The van der Waals surface area contributed by atoms with E-state index >= 15 is 0 Å². The van der Waals surface area contributed by atoms with Crippen LogP contribution in [0.1, 0.15) is 66.2 Å². The first-order chi connectivity index (χ1) is 13.9. The highest BCUT2D eigenvalue weighted by molar-refractivity contribution is 6.74. The quantitative estimate of drug-likeness (QED) is 0.187. The van der Waals surface area contributed by atoms with E-state index in [-0.39, 0.29) is 34.7 Å². The summed E-state index contributed by atoms with van der Waals surface area (Å²) in [6.07, 6.45) is 6.22. The van der Waals surface area contributed by atoms with Gasteiger partial charge in [-0.25, -0.2) is 0 Å². The molecule has 6 heteroatoms. The van der Waals surface area contributed by atoms with Crippen molar-refractivity contribution >= 4 is 20.1 Å². The maximum absolute atomic E-state index is 12.8. The zero-order chi connectivity index (χ0) is 22.9. The number of ether oxygens (including phenoxy) is 1. The second kappa shape index (κ2) is 11.8. The van der Waals surface area contributed by atoms with Crippen LogP contribution in [0.15, 0.2) is 12.2 Å². The second-order valence-electron chi connectivity index (χ2n) is 9.62. The number of carbonyl (C=O) groups excluding carboxylic acids is 2. The molecule has 1 saturated carbocycles. The summed E-state index contributed by atoms with van der Waals surface area (Å²) in [4.78, 5) is 24.0. The molecule has 0 heterocycles. The van der Waals surface area contributed by atoms with Crippen LogP contribution in [-0.2, 0) is 18.8 Å². The first-order valence-electron chi connectivity index (χ1n) is 11.0. The number of rotatable bonds is 9. The molecule has 0 aromatic rings. The number of aliphatic hydroxyl groups excluding tert-OH is 1. The largest absolute Gasteiger partial charge is 0.469 e. The van der Waals surface area contributed by atoms with E-state index < -0.39 is 14.4 Å². The fourth-order valence-electron chi connectivity index (χ4n) is 3.23. The van der Waals surface area contributed by atoms with Gasteiger partial charge in [0.25, 0.3) is 0 Å². The molecule has 0 radical (unpaired) electrons. The Labute approximate surface area is 183 Å². The van der Waals surface area contributed by atoms with Gasteiger partial charge < -0.3 is 14.3 Å². The molecular weight excluding hydrogens is 396 g/mol. The minimum absolute atomic E-state index is 0.0603. The lowest BCUT2D eigenvalue weighted by atomic mass is 9.90. The molecule has 30 heavy (non-hydrogen) atoms. The zero-order valence-corrected chi connectivity index (χ0v) is 20.8. The van der Waals surface area contributed by atoms with Gasteiger partial charge in [0.05, 0.1) is 19.3 Å². The minimum Gasteiger partial charge on any atom is -0.469 e. The molecule has 1 fully saturated rings. The molecule has 1 rings (SSSR count). The van der Waals surface area contributed by atoms with Crippen molar-refractivity contribution in [3.8, 4) is 11.8 Å². The number of carbonyl (C=O) groups is 2. The van der Waals surface area contributed by atoms with Crippen molar-refractivity contribution in [1.29, 1.82) is 0 Å². The molecule has 0 unspecified atom stereocenters. The number of unbranched alkanes of at least 4 members (excludes halogenated alkanes) is 1. The van der Waals surface area contributed by atoms with Crippen molar-refractivity contribution in [2.45, 2.75) is 96.6 Å². The molecule has 1 aliphatic rings. The van der Waals surface area contributed by atoms with E-state index in [2.05, 4.69) is 50.4 Å². The number of hydrogen-bond donors (Lipinski definition) is 1. The first-order valence-corrected chi connectivity index (χ1v) is 13.9. The molecule has 1 aliphatic carbocycles. The van der Waals surface area contributed by atoms with Gasteiger partial charge in [-0.05, 0) is 31.0 Å². The Hall–Kier alpha value is -1.42. The topological polar surface area (TPSA) is 72.8 Å². The molecular formula is C24H40O5Si. The van der Waals surface area contributed by atoms with Crippen molar-refractivity contribution in [2.24, 2.45) is 11.8 Å². The molecule has 170 valence electrons. The number of methoxy groups -OCH3 is 1. The molecule has 1 N–H and O–H groups in total. The zero-order valence-electron chi connectivity index (χ0n) is 19.8. The van der Waals surface area contributed by atoms with Gasteiger partial charge in [-0.15, -0.1) is 11.8 Å². The van der Waals surface area contributed by atoms with Crippen LogP contribution >= 0.6 is 0 Å². The average Bonchev–Trinajstić information content (AvgIpc) is 2.94. The normalized spacial score (nSPS) is 23.3. The molecule has 0 aromatic heterocycles. The van der Waals surface area contributed by atoms with E-state index in [9.17, 15) is 14.7 Å². The van der Waals surface area contributed by atoms with Gasteiger partial charge in [0, 0.05) is 37.5 Å². The average molecular weight is 437 g/mol. The summed E-state index contributed by atoms with van der Waals surface area (Å²) in [6, 6.07) is 0. The maximum Gasteiger partial charge on any atom is 0.305 e. The second-order valence-corrected chi connectivity index (χ2v) is 14.4. The summed E-state index contributed by atoms with van der Waals surface area (Å²) >= 11 is 0. The Morgan fingerprint density at radius 3 is 2.57 bits per heavy atom. The van der Waals surface area contributed by atoms with Gasteiger partial charge in [0.2, 0.25) is 0 Å². The van der Waals surface area contributed by atoms with Crippen LogP contribution in [0.4, 0.5) is 0 Å². The number of Topliss-reactive ketones (excluding diaryl/α,β-unsaturated/α-hetero) is 1. The van der Waals surface area contributed by atoms with Crippen LogP contribution in [0, 0.1) is 23.7 Å². The van der Waals surface area contributed by atoms with E-state index in [1.165, 1.54) is 7.11 Å². The lowest BCUT2D eigenvalue weighted by Gasteiger charge is -2.39. The first kappa shape index (κ1) is 26.6. The fraction of sp³-hybridized carbons (Fsp3) is 0.750. The summed E-state index contributed by atoms with van der Waals surface area (Å²) in [7, 11) is -0.647. The van der Waals surface area contributed by atoms with Gasteiger partial charge in [-0.1, -0.05) is 39.8 Å². The summed E-state index contributed by atoms with van der Waals surface area (Å²) < 4.78 is 11.2. The van der Waals surface area contributed by atoms with Crippen LogP contribution in [-0.4, -0.2) is 44.5 Å². The van der Waals surface area contributed by atoms with Gasteiger partial charge in [0.1, 0.15) is 5.78 Å². The van der Waals surface area contributed by atoms with Gasteiger partial charge in [0.15, 0.2) is 8.32 Å². The number of ketones is 1. The number of esters is 1. The Bertz CT molecular complexity index is 665. The lowest BCUT2D eigenvalue weighted by Crippen LogP contribution is -2.45. The minimum atomic E-state index is -2.03. The summed E-state index contributed by atoms with van der Waals surface area (Å²) in [5.41, 5.74) is 0. The van der Waals surface area contributed by atoms with E-state index in [4.69, 9.17) is 4.43 Å². The summed E-state index contributed by atoms with van der Waals surface area (Å²) in [5.74, 6) is 5.88. The molecule has 0 aliphatic heterocycles. The van der Waals surface area contributed by atoms with E-state index in [0.717, 1.165) is 0 Å². The van der Waals surface area contributed by atoms with Crippen molar-refractivity contribution in [2.75, 3.05) is 7.11 Å². The van der Waals surface area contributed by atoms with Gasteiger partial charge >= 0.3 is 5.97 Å². The Kier molecular flexibility index (Phi) is 10.5. The molecule has 0 saturated heterocycles. The third kappa shape index (κ3) is 8.01. The Morgan fingerprint density at radius 2 is 2.00 bits per heavy atom. The van der Waals surface area contributed by atoms with Crippen molar-refractivity contribution < 1.29 is 23.9 Å². The van der Waals surface area contributed by atoms with E-state index in [1.54, 1.807) is 6.08 Å². The standard InChI is InChI=1S/C24H40O5Si/c1-8-18(25)15-16-20-19(13-11-9-10-12-14-23(27)28-5)21(26)17-22(20)29-30(6,7)24(2,3)4/h15-16,18-20,22,25H,8,10,12-14,17H2,1-7H3/b16-15+/t18-,19+,20+,22+/m0/s1. The fourth-order valence-corrected chi connectivity index (χ4v) is 4.58. The Balaban J connectivity index is 2.89. The SMILES string of the molecule is CC[C@H](O)/C=C/[C@H]1[C@H](O[Si](C)(C)C(C)(C)C)CC(=O)[C@@H]1CC#CCCCC(=O)OC. The highest BCUT2D eigenvalue weighted by atomic mass is 28.4. The molecule has 0 amide bonds. The molecule has 4 atom stereocenters. The van der Waals surface area contributed by atoms with E-state index in [1.807, 2.05) is 13.0 Å². The smallest absolute Gasteiger partial charge is 0.305 e. The molecule has 0 spiro atoms. The predicted octanol–water partition coefficient (Wildman–Crippen LogP) is 4.65. The summed E-state index contributed by atoms with van der Waals surface area (Å²) in [6.45, 7) is 12.9. The third-order valence-corrected chi connectivity index (χ3v) is 10.8. The lowest BCUT2D eigenvalue weighted by molar-refractivity contribution is -0.140. The van der Waals surface area contributed by atoms with Crippen molar-refractivity contribution in [1.82, 2.24) is 0 Å². The maximum atomic E-state index is 12.8. The van der Waals surface area contributed by atoms with Crippen LogP contribution < -0.4 is 0 Å². The van der Waals surface area contributed by atoms with Crippen molar-refractivity contribution in [3.63, 3.8) is 0 Å². The van der Waals surface area contributed by atoms with E-state index in [0.29, 0.717) is 38.5 Å². The van der Waals surface area contributed by atoms with Crippen LogP contribution in [0.2, 0.25) is 18.1 Å². The van der Waals surface area contributed by atoms with Crippen LogP contribution in [0.5, 0.6) is 0 Å². The number of hydrogen-bond acceptors (Lipinski definition) is 5. The highest BCUT2D eigenvalue weighted by Gasteiger charge is 2.46. The van der Waals surface area contributed by atoms with Crippen LogP contribution in [0.3, 0.4) is 0 Å². The monoisotopic (exact) mass is 436 g/mol. The summed E-state index contributed by atoms with van der Waals surface area (Å²) in [5, 5.41) is 10.0. The predicted molar refractivity (Wildman–Crippen MR) is 122 cm³/mol. The van der Waals surface area contributed by atoms with Crippen LogP contribution in [0.25, 0.3) is 0 Å². The number of aliphatic hydroxyl groups is 1. The molecule has 0 bridgehead atoms. The van der Waals surface area contributed by atoms with Gasteiger partial charge in [-0.2, -0.15) is 0 Å². The highest BCUT2D eigenvalue weighted by Crippen LogP contribution is 2.42. The van der Waals surface area contributed by atoms with Gasteiger partial charge in [-0.3, -0.25) is 9.59 Å². The third-order valence-electron chi connectivity index (χ3n) is 6.29. The molecule has 0 aromatic carbocycles. The Morgan fingerprint density at radius 1 is 1.33 bits per heavy atom. The van der Waals surface area contributed by atoms with Crippen molar-refractivity contribution in [3.05, 3.63) is 12.2 Å². The molecule has 5 nitrogen and oxygen atoms in total.